The minimum absolute atomic E-state index is 0.214. The molecule has 2 fully saturated rings. The van der Waals surface area contributed by atoms with Gasteiger partial charge in [-0.05, 0) is 101 Å². The van der Waals surface area contributed by atoms with Crippen molar-refractivity contribution >= 4 is 21.5 Å². The molecular weight excluding hydrogens is 506 g/mol. The summed E-state index contributed by atoms with van der Waals surface area (Å²) >= 11 is 0. The van der Waals surface area contributed by atoms with Crippen molar-refractivity contribution in [1.82, 2.24) is 9.78 Å². The van der Waals surface area contributed by atoms with Crippen molar-refractivity contribution in [1.29, 1.82) is 0 Å². The number of rotatable bonds is 8. The molecule has 5 nitrogen and oxygen atoms in total. The fraction of sp³-hybridized carbons (Fsp3) is 0.581. The quantitative estimate of drug-likeness (QED) is 0.316. The van der Waals surface area contributed by atoms with Gasteiger partial charge in [0.15, 0.2) is 8.32 Å². The van der Waals surface area contributed by atoms with Crippen LogP contribution in [0.15, 0.2) is 48.1 Å². The van der Waals surface area contributed by atoms with E-state index in [4.69, 9.17) is 18.8 Å². The highest BCUT2D eigenvalue weighted by atomic mass is 28.4. The van der Waals surface area contributed by atoms with Gasteiger partial charge < -0.3 is 13.7 Å². The molecule has 210 valence electrons. The lowest BCUT2D eigenvalue weighted by molar-refractivity contribution is 0.00578. The molecule has 1 aliphatic heterocycles. The molecular formula is C31H44BFN2O3Si. The van der Waals surface area contributed by atoms with Crippen molar-refractivity contribution in [2.75, 3.05) is 0 Å². The van der Waals surface area contributed by atoms with Crippen molar-refractivity contribution < 1.29 is 18.1 Å². The van der Waals surface area contributed by atoms with E-state index < -0.39 is 21.0 Å². The highest BCUT2D eigenvalue weighted by Gasteiger charge is 2.58. The summed E-state index contributed by atoms with van der Waals surface area (Å²) in [5.41, 5.74) is 3.11. The summed E-state index contributed by atoms with van der Waals surface area (Å²) in [4.78, 5) is 0. The van der Waals surface area contributed by atoms with Crippen LogP contribution in [0.1, 0.15) is 79.5 Å². The molecule has 3 aliphatic rings. The van der Waals surface area contributed by atoms with Crippen molar-refractivity contribution in [3.05, 3.63) is 65.2 Å². The maximum absolute atomic E-state index is 13.6. The molecule has 39 heavy (non-hydrogen) atoms. The van der Waals surface area contributed by atoms with Crippen molar-refractivity contribution in [2.45, 2.75) is 110 Å². The number of benzene rings is 1. The second kappa shape index (κ2) is 9.82. The van der Waals surface area contributed by atoms with Gasteiger partial charge >= 0.3 is 7.12 Å². The molecule has 5 rings (SSSR count). The lowest BCUT2D eigenvalue weighted by Gasteiger charge is -2.49. The van der Waals surface area contributed by atoms with Crippen LogP contribution >= 0.6 is 0 Å². The Labute approximate surface area is 235 Å². The summed E-state index contributed by atoms with van der Waals surface area (Å²) in [6.45, 7) is 17.6. The summed E-state index contributed by atoms with van der Waals surface area (Å²) < 4.78 is 35.8. The number of hydrogen-bond donors (Lipinski definition) is 0. The maximum Gasteiger partial charge on any atom is 0.486 e. The van der Waals surface area contributed by atoms with E-state index in [1.54, 1.807) is 12.1 Å². The largest absolute Gasteiger partial charge is 0.486 e. The Balaban J connectivity index is 1.55. The predicted molar refractivity (Wildman–Crippen MR) is 159 cm³/mol. The fourth-order valence-electron chi connectivity index (χ4n) is 6.67. The Morgan fingerprint density at radius 3 is 2.23 bits per heavy atom. The highest BCUT2D eigenvalue weighted by molar-refractivity contribution is 6.73. The third kappa shape index (κ3) is 4.61. The minimum atomic E-state index is -1.97. The van der Waals surface area contributed by atoms with E-state index in [1.807, 2.05) is 10.9 Å². The van der Waals surface area contributed by atoms with Crippen molar-refractivity contribution in [3.63, 3.8) is 0 Å². The van der Waals surface area contributed by atoms with E-state index in [2.05, 4.69) is 73.5 Å². The number of fused-ring (bicyclic) bond motifs is 2. The Morgan fingerprint density at radius 1 is 1.03 bits per heavy atom. The van der Waals surface area contributed by atoms with Crippen molar-refractivity contribution in [2.24, 2.45) is 5.41 Å². The standard InChI is InChI=1S/C31H44BFN2O3Si/c1-9-39(10-2,11-3)38-31(18-19-32-36-28(4,5)29(6,7)37-32)17-16-24-20-27-23(21-30(24,31)8)22-34-35(27)26-14-12-25(33)13-15-26/h12-15,18-20,22H,9-11,16-17,21H2,1-8H3/b19-18+/t30-,31+/m0/s1. The molecule has 1 saturated carbocycles. The van der Waals surface area contributed by atoms with E-state index in [1.165, 1.54) is 23.3 Å². The zero-order valence-corrected chi connectivity index (χ0v) is 25.9. The van der Waals surface area contributed by atoms with Crippen LogP contribution < -0.4 is 0 Å². The summed E-state index contributed by atoms with van der Waals surface area (Å²) in [5.74, 6) is 1.87. The molecule has 1 aromatic carbocycles. The van der Waals surface area contributed by atoms with E-state index in [9.17, 15) is 4.39 Å². The Morgan fingerprint density at radius 2 is 1.64 bits per heavy atom. The lowest BCUT2D eigenvalue weighted by Crippen LogP contribution is -2.54. The highest BCUT2D eigenvalue weighted by Crippen LogP contribution is 2.59. The molecule has 0 amide bonds. The smallest absolute Gasteiger partial charge is 0.407 e. The summed E-state index contributed by atoms with van der Waals surface area (Å²) in [6.07, 6.45) is 9.31. The van der Waals surface area contributed by atoms with Crippen molar-refractivity contribution in [3.8, 4) is 5.69 Å². The topological polar surface area (TPSA) is 45.5 Å². The van der Waals surface area contributed by atoms with Gasteiger partial charge in [0, 0.05) is 5.41 Å². The number of nitrogens with zero attached hydrogens (tertiary/aromatic N) is 2. The first-order valence-corrected chi connectivity index (χ1v) is 17.2. The first-order chi connectivity index (χ1) is 18.3. The molecule has 2 aromatic rings. The van der Waals surface area contributed by atoms with Gasteiger partial charge in [0.2, 0.25) is 0 Å². The number of aromatic nitrogens is 2. The van der Waals surface area contributed by atoms with Crippen LogP contribution in [-0.4, -0.2) is 42.0 Å². The molecule has 0 N–H and O–H groups in total. The Hall–Kier alpha value is -2.00. The molecule has 2 aliphatic carbocycles. The first kappa shape index (κ1) is 28.5. The van der Waals surface area contributed by atoms with Gasteiger partial charge in [0.05, 0.1) is 34.4 Å². The second-order valence-electron chi connectivity index (χ2n) is 12.8. The van der Waals surface area contributed by atoms with Gasteiger partial charge in [0.1, 0.15) is 5.82 Å². The van der Waals surface area contributed by atoms with Gasteiger partial charge in [-0.25, -0.2) is 9.07 Å². The molecule has 8 heteroatoms. The molecule has 1 saturated heterocycles. The summed E-state index contributed by atoms with van der Waals surface area (Å²) in [5, 5.41) is 4.73. The minimum Gasteiger partial charge on any atom is -0.407 e. The molecule has 0 spiro atoms. The van der Waals surface area contributed by atoms with Crippen LogP contribution in [0.2, 0.25) is 18.1 Å². The van der Waals surface area contributed by atoms with Crippen LogP contribution in [0.5, 0.6) is 0 Å². The third-order valence-electron chi connectivity index (χ3n) is 10.3. The van der Waals surface area contributed by atoms with Gasteiger partial charge in [-0.2, -0.15) is 5.10 Å². The predicted octanol–water partition coefficient (Wildman–Crippen LogP) is 7.70. The first-order valence-electron chi connectivity index (χ1n) is 14.6. The monoisotopic (exact) mass is 550 g/mol. The zero-order chi connectivity index (χ0) is 28.3. The van der Waals surface area contributed by atoms with E-state index in [-0.39, 0.29) is 22.4 Å². The zero-order valence-electron chi connectivity index (χ0n) is 24.9. The molecule has 2 atom stereocenters. The normalized spacial score (nSPS) is 27.6. The molecule has 0 unspecified atom stereocenters. The number of hydrogen-bond acceptors (Lipinski definition) is 4. The van der Waals surface area contributed by atoms with E-state index in [0.29, 0.717) is 0 Å². The van der Waals surface area contributed by atoms with E-state index >= 15 is 0 Å². The Kier molecular flexibility index (Phi) is 7.19. The maximum atomic E-state index is 13.6. The fourth-order valence-corrected chi connectivity index (χ4v) is 9.77. The van der Waals surface area contributed by atoms with Gasteiger partial charge in [0.25, 0.3) is 0 Å². The third-order valence-corrected chi connectivity index (χ3v) is 15.0. The van der Waals surface area contributed by atoms with Gasteiger partial charge in [-0.3, -0.25) is 0 Å². The molecule has 2 heterocycles. The second-order valence-corrected chi connectivity index (χ2v) is 17.5. The average molecular weight is 551 g/mol. The molecule has 1 aromatic heterocycles. The van der Waals surface area contributed by atoms with Gasteiger partial charge in [-0.15, -0.1) is 0 Å². The molecule has 0 bridgehead atoms. The van der Waals surface area contributed by atoms with Crippen LogP contribution in [0.3, 0.4) is 0 Å². The molecule has 0 radical (unpaired) electrons. The summed E-state index contributed by atoms with van der Waals surface area (Å²) in [7, 11) is -2.38. The van der Waals surface area contributed by atoms with Crippen LogP contribution in [0.4, 0.5) is 4.39 Å². The van der Waals surface area contributed by atoms with Crippen LogP contribution in [0, 0.1) is 11.2 Å². The number of halogens is 1. The average Bonchev–Trinajstić information content (AvgIpc) is 3.49. The van der Waals surface area contributed by atoms with E-state index in [0.717, 1.165) is 48.8 Å². The van der Waals surface area contributed by atoms with Crippen LogP contribution in [0.25, 0.3) is 11.8 Å². The summed E-state index contributed by atoms with van der Waals surface area (Å²) in [6, 6.07) is 9.83. The van der Waals surface area contributed by atoms with Crippen LogP contribution in [-0.2, 0) is 20.2 Å². The van der Waals surface area contributed by atoms with Gasteiger partial charge in [-0.1, -0.05) is 45.3 Å². The lowest BCUT2D eigenvalue weighted by atomic mass is 9.66. The Bertz CT molecular complexity index is 1260. The SMILES string of the molecule is CC[Si](CC)(CC)O[C@@]1(/C=C/B2OC(C)(C)C(C)(C)O2)CCC2=Cc3c(cnn3-c3ccc(F)cc3)C[C@@]21C.